The zero-order valence-electron chi connectivity index (χ0n) is 10.6. The van der Waals surface area contributed by atoms with Crippen molar-refractivity contribution in [1.82, 2.24) is 4.90 Å². The fourth-order valence-electron chi connectivity index (χ4n) is 1.74. The molecule has 5 heteroatoms. The van der Waals surface area contributed by atoms with Gasteiger partial charge < -0.3 is 4.90 Å². The predicted molar refractivity (Wildman–Crippen MR) is 76.2 cm³/mol. The van der Waals surface area contributed by atoms with Gasteiger partial charge in [0.1, 0.15) is 5.82 Å². The predicted octanol–water partition coefficient (Wildman–Crippen LogP) is 4.37. The summed E-state index contributed by atoms with van der Waals surface area (Å²) in [5.74, 6) is -0.372. The third-order valence-electron chi connectivity index (χ3n) is 3.04. The molecular formula is C14H13ClFNOS. The van der Waals surface area contributed by atoms with Gasteiger partial charge in [0.25, 0.3) is 5.91 Å². The van der Waals surface area contributed by atoms with Crippen LogP contribution in [-0.2, 0) is 0 Å². The molecule has 1 unspecified atom stereocenters. The van der Waals surface area contributed by atoms with E-state index in [1.54, 1.807) is 36.2 Å². The normalized spacial score (nSPS) is 12.2. The Bertz CT molecular complexity index is 581. The van der Waals surface area contributed by atoms with Gasteiger partial charge in [-0.15, -0.1) is 11.3 Å². The van der Waals surface area contributed by atoms with E-state index in [1.165, 1.54) is 23.5 Å². The molecule has 1 amide bonds. The van der Waals surface area contributed by atoms with Crippen LogP contribution in [0, 0.1) is 5.82 Å². The smallest absolute Gasteiger partial charge is 0.264 e. The highest BCUT2D eigenvalue weighted by atomic mass is 35.5. The number of halogens is 2. The van der Waals surface area contributed by atoms with Crippen LogP contribution in [-0.4, -0.2) is 17.9 Å². The van der Waals surface area contributed by atoms with Crippen LogP contribution in [0.3, 0.4) is 0 Å². The Labute approximate surface area is 120 Å². The molecule has 0 fully saturated rings. The topological polar surface area (TPSA) is 20.3 Å². The van der Waals surface area contributed by atoms with Gasteiger partial charge in [-0.1, -0.05) is 23.7 Å². The van der Waals surface area contributed by atoms with E-state index in [0.29, 0.717) is 9.21 Å². The maximum atomic E-state index is 12.9. The summed E-state index contributed by atoms with van der Waals surface area (Å²) >= 11 is 7.08. The number of hydrogen-bond donors (Lipinski definition) is 0. The number of carbonyl (C=O) groups is 1. The van der Waals surface area contributed by atoms with Crippen LogP contribution < -0.4 is 0 Å². The summed E-state index contributed by atoms with van der Waals surface area (Å²) in [7, 11) is 1.73. The molecule has 0 bridgehead atoms. The third-order valence-corrected chi connectivity index (χ3v) is 4.26. The maximum Gasteiger partial charge on any atom is 0.264 e. The van der Waals surface area contributed by atoms with Crippen molar-refractivity contribution in [3.63, 3.8) is 0 Å². The summed E-state index contributed by atoms with van der Waals surface area (Å²) in [6.45, 7) is 1.90. The van der Waals surface area contributed by atoms with E-state index in [9.17, 15) is 9.18 Å². The van der Waals surface area contributed by atoms with Gasteiger partial charge in [0.15, 0.2) is 0 Å². The largest absolute Gasteiger partial charge is 0.334 e. The number of carbonyl (C=O) groups excluding carboxylic acids is 1. The monoisotopic (exact) mass is 297 g/mol. The number of hydrogen-bond acceptors (Lipinski definition) is 2. The summed E-state index contributed by atoms with van der Waals surface area (Å²) in [6.07, 6.45) is 0. The zero-order chi connectivity index (χ0) is 14.0. The summed E-state index contributed by atoms with van der Waals surface area (Å²) in [5, 5.41) is 0. The molecule has 0 N–H and O–H groups in total. The number of amides is 1. The molecule has 1 heterocycles. The highest BCUT2D eigenvalue weighted by molar-refractivity contribution is 7.17. The van der Waals surface area contributed by atoms with Gasteiger partial charge in [-0.25, -0.2) is 4.39 Å². The standard InChI is InChI=1S/C14H13ClFNOS/c1-9(10-3-5-11(16)6-4-10)17(2)14(18)12-7-8-13(15)19-12/h3-9H,1-2H3. The second kappa shape index (κ2) is 5.72. The number of benzene rings is 1. The summed E-state index contributed by atoms with van der Waals surface area (Å²) < 4.78 is 13.5. The molecule has 0 aliphatic carbocycles. The van der Waals surface area contributed by atoms with Gasteiger partial charge in [0.05, 0.1) is 15.3 Å². The summed E-state index contributed by atoms with van der Waals surface area (Å²) in [5.41, 5.74) is 0.889. The Morgan fingerprint density at radius 3 is 2.42 bits per heavy atom. The van der Waals surface area contributed by atoms with Gasteiger partial charge in [-0.2, -0.15) is 0 Å². The van der Waals surface area contributed by atoms with E-state index in [0.717, 1.165) is 5.56 Å². The Morgan fingerprint density at radius 1 is 1.26 bits per heavy atom. The number of rotatable bonds is 3. The average molecular weight is 298 g/mol. The first kappa shape index (κ1) is 14.0. The van der Waals surface area contributed by atoms with E-state index < -0.39 is 0 Å². The lowest BCUT2D eigenvalue weighted by Crippen LogP contribution is -2.29. The molecule has 0 aliphatic rings. The summed E-state index contributed by atoms with van der Waals surface area (Å²) in [6, 6.07) is 9.45. The van der Waals surface area contributed by atoms with E-state index in [2.05, 4.69) is 0 Å². The minimum absolute atomic E-state index is 0.0891. The van der Waals surface area contributed by atoms with Crippen LogP contribution in [0.5, 0.6) is 0 Å². The lowest BCUT2D eigenvalue weighted by Gasteiger charge is -2.24. The molecule has 0 aliphatic heterocycles. The fourth-order valence-corrected chi connectivity index (χ4v) is 2.77. The lowest BCUT2D eigenvalue weighted by atomic mass is 10.1. The van der Waals surface area contributed by atoms with Gasteiger partial charge in [0, 0.05) is 7.05 Å². The van der Waals surface area contributed by atoms with Crippen molar-refractivity contribution in [2.75, 3.05) is 7.05 Å². The lowest BCUT2D eigenvalue weighted by molar-refractivity contribution is 0.0747. The first-order valence-corrected chi connectivity index (χ1v) is 6.96. The van der Waals surface area contributed by atoms with Crippen LogP contribution in [0.25, 0.3) is 0 Å². The molecule has 2 nitrogen and oxygen atoms in total. The van der Waals surface area contributed by atoms with Crippen molar-refractivity contribution >= 4 is 28.8 Å². The van der Waals surface area contributed by atoms with Crippen LogP contribution in [0.4, 0.5) is 4.39 Å². The van der Waals surface area contributed by atoms with Crippen LogP contribution in [0.2, 0.25) is 4.34 Å². The number of thiophene rings is 1. The van der Waals surface area contributed by atoms with Crippen LogP contribution in [0.15, 0.2) is 36.4 Å². The van der Waals surface area contributed by atoms with Gasteiger partial charge in [-0.3, -0.25) is 4.79 Å². The first-order valence-electron chi connectivity index (χ1n) is 5.77. The Morgan fingerprint density at radius 2 is 1.89 bits per heavy atom. The van der Waals surface area contributed by atoms with Crippen molar-refractivity contribution in [3.8, 4) is 0 Å². The summed E-state index contributed by atoms with van der Waals surface area (Å²) in [4.78, 5) is 14.5. The first-order chi connectivity index (χ1) is 8.99. The van der Waals surface area contributed by atoms with Crippen molar-refractivity contribution in [3.05, 3.63) is 57.0 Å². The van der Waals surface area contributed by atoms with Gasteiger partial charge >= 0.3 is 0 Å². The van der Waals surface area contributed by atoms with Gasteiger partial charge in [-0.05, 0) is 36.8 Å². The average Bonchev–Trinajstić information content (AvgIpc) is 2.84. The molecule has 1 aromatic carbocycles. The molecule has 2 aromatic rings. The molecule has 0 radical (unpaired) electrons. The minimum Gasteiger partial charge on any atom is -0.334 e. The molecule has 0 saturated heterocycles. The molecule has 0 saturated carbocycles. The van der Waals surface area contributed by atoms with E-state index in [-0.39, 0.29) is 17.8 Å². The van der Waals surface area contributed by atoms with Crippen LogP contribution >= 0.6 is 22.9 Å². The van der Waals surface area contributed by atoms with E-state index in [1.807, 2.05) is 6.92 Å². The fraction of sp³-hybridized carbons (Fsp3) is 0.214. The van der Waals surface area contributed by atoms with Crippen molar-refractivity contribution < 1.29 is 9.18 Å². The Kier molecular flexibility index (Phi) is 4.22. The Hall–Kier alpha value is -1.39. The third kappa shape index (κ3) is 3.14. The SMILES string of the molecule is CC(c1ccc(F)cc1)N(C)C(=O)c1ccc(Cl)s1. The van der Waals surface area contributed by atoms with E-state index in [4.69, 9.17) is 11.6 Å². The molecule has 0 spiro atoms. The molecule has 2 rings (SSSR count). The second-order valence-corrected chi connectivity index (χ2v) is 5.96. The second-order valence-electron chi connectivity index (χ2n) is 4.25. The van der Waals surface area contributed by atoms with E-state index >= 15 is 0 Å². The number of nitrogens with zero attached hydrogens (tertiary/aromatic N) is 1. The van der Waals surface area contributed by atoms with Crippen LogP contribution in [0.1, 0.15) is 28.2 Å². The quantitative estimate of drug-likeness (QED) is 0.823. The molecular weight excluding hydrogens is 285 g/mol. The maximum absolute atomic E-state index is 12.9. The molecule has 100 valence electrons. The molecule has 1 aromatic heterocycles. The highest BCUT2D eigenvalue weighted by Crippen LogP contribution is 2.26. The highest BCUT2D eigenvalue weighted by Gasteiger charge is 2.20. The minimum atomic E-state index is -0.282. The van der Waals surface area contributed by atoms with Gasteiger partial charge in [0.2, 0.25) is 0 Å². The Balaban J connectivity index is 2.16. The molecule has 1 atom stereocenters. The van der Waals surface area contributed by atoms with Crippen molar-refractivity contribution in [2.45, 2.75) is 13.0 Å². The van der Waals surface area contributed by atoms with Crippen molar-refractivity contribution in [1.29, 1.82) is 0 Å². The van der Waals surface area contributed by atoms with Crippen molar-refractivity contribution in [2.24, 2.45) is 0 Å². The zero-order valence-corrected chi connectivity index (χ0v) is 12.1. The molecule has 19 heavy (non-hydrogen) atoms.